The third-order valence-corrected chi connectivity index (χ3v) is 1.44. The van der Waals surface area contributed by atoms with E-state index < -0.39 is 0 Å². The molecule has 1 rings (SSSR count). The van der Waals surface area contributed by atoms with Crippen molar-refractivity contribution in [3.8, 4) is 5.75 Å². The van der Waals surface area contributed by atoms with E-state index in [9.17, 15) is 0 Å². The summed E-state index contributed by atoms with van der Waals surface area (Å²) >= 11 is 0. The van der Waals surface area contributed by atoms with Gasteiger partial charge in [-0.25, -0.2) is 0 Å². The van der Waals surface area contributed by atoms with E-state index >= 15 is 0 Å². The molecular weight excluding hydrogens is 168 g/mol. The average molecular weight is 182 g/mol. The van der Waals surface area contributed by atoms with Gasteiger partial charge in [0.15, 0.2) is 5.75 Å². The van der Waals surface area contributed by atoms with Gasteiger partial charge in [0.05, 0.1) is 0 Å². The van der Waals surface area contributed by atoms with Gasteiger partial charge in [0, 0.05) is 20.6 Å². The maximum Gasteiger partial charge on any atom is 0.167 e. The molecule has 0 spiro atoms. The summed E-state index contributed by atoms with van der Waals surface area (Å²) in [6.07, 6.45) is 0. The van der Waals surface area contributed by atoms with Crippen LogP contribution in [0.25, 0.3) is 0 Å². The Labute approximate surface area is 77.7 Å². The van der Waals surface area contributed by atoms with Crippen LogP contribution in [0.2, 0.25) is 0 Å². The molecule has 0 unspecified atom stereocenters. The van der Waals surface area contributed by atoms with Gasteiger partial charge in [0.2, 0.25) is 0 Å². The number of hydrogen-bond donors (Lipinski definition) is 1. The van der Waals surface area contributed by atoms with E-state index in [-0.39, 0.29) is 0 Å². The summed E-state index contributed by atoms with van der Waals surface area (Å²) in [5, 5.41) is 1.47. The first kappa shape index (κ1) is 9.98. The van der Waals surface area contributed by atoms with Crippen LogP contribution in [0.4, 0.5) is 0 Å². The van der Waals surface area contributed by atoms with Crippen LogP contribution in [0.15, 0.2) is 24.3 Å². The maximum absolute atomic E-state index is 5.44. The van der Waals surface area contributed by atoms with E-state index in [1.165, 1.54) is 5.06 Å². The predicted octanol–water partition coefficient (Wildman–Crippen LogP) is 0.932. The minimum atomic E-state index is 0.537. The Morgan fingerprint density at radius 1 is 1.23 bits per heavy atom. The SMILES string of the molecule is CN(C)OOc1ccc(CN)cc1. The van der Waals surface area contributed by atoms with Gasteiger partial charge in [0.1, 0.15) is 0 Å². The highest BCUT2D eigenvalue weighted by molar-refractivity contribution is 5.26. The zero-order valence-corrected chi connectivity index (χ0v) is 7.86. The highest BCUT2D eigenvalue weighted by Crippen LogP contribution is 2.11. The summed E-state index contributed by atoms with van der Waals surface area (Å²) in [5.74, 6) is 0.658. The maximum atomic E-state index is 5.44. The first-order valence-corrected chi connectivity index (χ1v) is 4.03. The molecule has 0 saturated heterocycles. The predicted molar refractivity (Wildman–Crippen MR) is 49.7 cm³/mol. The van der Waals surface area contributed by atoms with Crippen molar-refractivity contribution in [1.82, 2.24) is 5.06 Å². The zero-order valence-electron chi connectivity index (χ0n) is 7.86. The molecule has 0 radical (unpaired) electrons. The van der Waals surface area contributed by atoms with Crippen LogP contribution in [-0.2, 0) is 11.5 Å². The molecule has 0 aliphatic heterocycles. The monoisotopic (exact) mass is 182 g/mol. The van der Waals surface area contributed by atoms with Crippen LogP contribution in [0.5, 0.6) is 5.75 Å². The molecule has 0 aliphatic rings. The molecule has 0 bridgehead atoms. The molecule has 0 fully saturated rings. The van der Waals surface area contributed by atoms with Crippen LogP contribution in [-0.4, -0.2) is 19.2 Å². The highest BCUT2D eigenvalue weighted by Gasteiger charge is 1.95. The van der Waals surface area contributed by atoms with E-state index in [2.05, 4.69) is 0 Å². The van der Waals surface area contributed by atoms with Crippen LogP contribution in [0, 0.1) is 0 Å². The lowest BCUT2D eigenvalue weighted by Gasteiger charge is -2.09. The molecule has 0 atom stereocenters. The van der Waals surface area contributed by atoms with Crippen molar-refractivity contribution in [2.75, 3.05) is 14.1 Å². The molecule has 13 heavy (non-hydrogen) atoms. The van der Waals surface area contributed by atoms with Crippen LogP contribution < -0.4 is 10.6 Å². The molecule has 4 heteroatoms. The molecule has 72 valence electrons. The molecule has 0 aromatic heterocycles. The van der Waals surface area contributed by atoms with Crippen molar-refractivity contribution in [3.63, 3.8) is 0 Å². The van der Waals surface area contributed by atoms with E-state index in [1.807, 2.05) is 24.3 Å². The van der Waals surface area contributed by atoms with Gasteiger partial charge in [-0.2, -0.15) is 5.06 Å². The summed E-state index contributed by atoms with van der Waals surface area (Å²) < 4.78 is 0. The molecule has 4 nitrogen and oxygen atoms in total. The number of nitrogens with zero attached hydrogens (tertiary/aromatic N) is 1. The summed E-state index contributed by atoms with van der Waals surface area (Å²) in [7, 11) is 3.49. The Morgan fingerprint density at radius 2 is 1.85 bits per heavy atom. The summed E-state index contributed by atoms with van der Waals surface area (Å²) in [5.41, 5.74) is 6.51. The number of hydroxylamine groups is 2. The van der Waals surface area contributed by atoms with Crippen molar-refractivity contribution in [2.24, 2.45) is 5.73 Å². The van der Waals surface area contributed by atoms with Crippen molar-refractivity contribution >= 4 is 0 Å². The fourth-order valence-corrected chi connectivity index (χ4v) is 0.799. The second kappa shape index (κ2) is 4.81. The van der Waals surface area contributed by atoms with Crippen LogP contribution in [0.1, 0.15) is 5.56 Å². The average Bonchev–Trinajstić information content (AvgIpc) is 2.15. The first-order valence-electron chi connectivity index (χ1n) is 4.03. The Morgan fingerprint density at radius 3 is 2.31 bits per heavy atom. The van der Waals surface area contributed by atoms with E-state index in [4.69, 9.17) is 15.6 Å². The second-order valence-corrected chi connectivity index (χ2v) is 2.82. The van der Waals surface area contributed by atoms with Gasteiger partial charge >= 0.3 is 0 Å². The summed E-state index contributed by atoms with van der Waals surface area (Å²) in [4.78, 5) is 9.76. The van der Waals surface area contributed by atoms with Gasteiger partial charge in [-0.1, -0.05) is 17.1 Å². The smallest absolute Gasteiger partial charge is 0.167 e. The van der Waals surface area contributed by atoms with Crippen molar-refractivity contribution < 1.29 is 9.88 Å². The van der Waals surface area contributed by atoms with Crippen LogP contribution >= 0.6 is 0 Å². The minimum Gasteiger partial charge on any atom is -0.326 e. The lowest BCUT2D eigenvalue weighted by atomic mass is 10.2. The van der Waals surface area contributed by atoms with E-state index in [0.717, 1.165) is 5.56 Å². The molecule has 2 N–H and O–H groups in total. The summed E-state index contributed by atoms with van der Waals surface area (Å²) in [6.45, 7) is 0.537. The van der Waals surface area contributed by atoms with Crippen LogP contribution in [0.3, 0.4) is 0 Å². The lowest BCUT2D eigenvalue weighted by Crippen LogP contribution is -2.14. The normalized spacial score (nSPS) is 10.5. The molecule has 0 amide bonds. The third kappa shape index (κ3) is 3.42. The van der Waals surface area contributed by atoms with E-state index in [1.54, 1.807) is 14.1 Å². The Balaban J connectivity index is 2.49. The zero-order chi connectivity index (χ0) is 9.68. The van der Waals surface area contributed by atoms with Gasteiger partial charge in [-0.05, 0) is 17.7 Å². The number of rotatable bonds is 4. The molecule has 0 saturated carbocycles. The van der Waals surface area contributed by atoms with Gasteiger partial charge in [0.25, 0.3) is 0 Å². The quantitative estimate of drug-likeness (QED) is 0.556. The lowest BCUT2D eigenvalue weighted by molar-refractivity contribution is -0.349. The topological polar surface area (TPSA) is 47.7 Å². The number of hydrogen-bond acceptors (Lipinski definition) is 4. The molecule has 0 aliphatic carbocycles. The third-order valence-electron chi connectivity index (χ3n) is 1.44. The summed E-state index contributed by atoms with van der Waals surface area (Å²) in [6, 6.07) is 7.42. The van der Waals surface area contributed by atoms with Gasteiger partial charge < -0.3 is 10.6 Å². The van der Waals surface area contributed by atoms with Crippen molar-refractivity contribution in [1.29, 1.82) is 0 Å². The van der Waals surface area contributed by atoms with Gasteiger partial charge in [-0.15, -0.1) is 0 Å². The molecule has 1 aromatic rings. The molecule has 1 aromatic carbocycles. The van der Waals surface area contributed by atoms with Gasteiger partial charge in [-0.3, -0.25) is 0 Å². The van der Waals surface area contributed by atoms with E-state index in [0.29, 0.717) is 12.3 Å². The standard InChI is InChI=1S/C9H14N2O2/c1-11(2)13-12-9-5-3-8(7-10)4-6-9/h3-6H,7,10H2,1-2H3. The largest absolute Gasteiger partial charge is 0.326 e. The first-order chi connectivity index (χ1) is 6.22. The fourth-order valence-electron chi connectivity index (χ4n) is 0.799. The number of nitrogens with two attached hydrogens (primary N) is 1. The highest BCUT2D eigenvalue weighted by atomic mass is 17.3. The Bertz CT molecular complexity index is 246. The minimum absolute atomic E-state index is 0.537. The number of benzene rings is 1. The molecule has 0 heterocycles. The Kier molecular flexibility index (Phi) is 3.70. The fraction of sp³-hybridized carbons (Fsp3) is 0.333. The second-order valence-electron chi connectivity index (χ2n) is 2.82. The Hall–Kier alpha value is -1.10. The van der Waals surface area contributed by atoms with Crippen molar-refractivity contribution in [3.05, 3.63) is 29.8 Å². The van der Waals surface area contributed by atoms with Crippen molar-refractivity contribution in [2.45, 2.75) is 6.54 Å². The molecular formula is C9H14N2O2.